The number of para-hydroxylation sites is 1. The summed E-state index contributed by atoms with van der Waals surface area (Å²) in [5.41, 5.74) is 1.48. The summed E-state index contributed by atoms with van der Waals surface area (Å²) in [7, 11) is 0. The van der Waals surface area contributed by atoms with E-state index in [-0.39, 0.29) is 17.7 Å². The molecule has 2 aliphatic rings. The average Bonchev–Trinajstić information content (AvgIpc) is 3.33. The van der Waals surface area contributed by atoms with Crippen molar-refractivity contribution in [3.05, 3.63) is 52.2 Å². The predicted octanol–water partition coefficient (Wildman–Crippen LogP) is 3.86. The van der Waals surface area contributed by atoms with Gasteiger partial charge < -0.3 is 5.11 Å². The lowest BCUT2D eigenvalue weighted by Crippen LogP contribution is -2.41. The largest absolute Gasteiger partial charge is 0.507 e. The molecule has 27 heavy (non-hydrogen) atoms. The molecule has 0 unspecified atom stereocenters. The highest BCUT2D eigenvalue weighted by Crippen LogP contribution is 2.36. The number of hydrogen-bond acceptors (Lipinski definition) is 5. The lowest BCUT2D eigenvalue weighted by molar-refractivity contribution is -0.134. The summed E-state index contributed by atoms with van der Waals surface area (Å²) >= 11 is 1.65. The molecule has 142 valence electrons. The molecule has 6 heteroatoms. The number of carbonyl (C=O) groups is 1. The molecule has 2 aromatic rings. The molecule has 4 rings (SSSR count). The molecular formula is C21H25N3O2S. The molecule has 1 aromatic heterocycles. The molecule has 0 radical (unpaired) electrons. The van der Waals surface area contributed by atoms with Gasteiger partial charge in [-0.25, -0.2) is 5.01 Å². The number of aromatic hydroxyl groups is 1. The molecular weight excluding hydrogens is 358 g/mol. The van der Waals surface area contributed by atoms with Crippen LogP contribution >= 0.6 is 11.3 Å². The Labute approximate surface area is 163 Å². The molecule has 5 nitrogen and oxygen atoms in total. The van der Waals surface area contributed by atoms with E-state index in [4.69, 9.17) is 0 Å². The number of thiophene rings is 1. The Balaban J connectivity index is 1.56. The fourth-order valence-electron chi connectivity index (χ4n) is 3.81. The summed E-state index contributed by atoms with van der Waals surface area (Å²) in [5, 5.41) is 18.5. The highest BCUT2D eigenvalue weighted by atomic mass is 32.1. The van der Waals surface area contributed by atoms with E-state index < -0.39 is 0 Å². The van der Waals surface area contributed by atoms with Crippen LogP contribution in [0.15, 0.2) is 46.9 Å². The van der Waals surface area contributed by atoms with Crippen molar-refractivity contribution in [3.8, 4) is 5.75 Å². The van der Waals surface area contributed by atoms with Gasteiger partial charge in [-0.05, 0) is 55.4 Å². The molecule has 0 spiro atoms. The van der Waals surface area contributed by atoms with E-state index in [1.165, 1.54) is 0 Å². The van der Waals surface area contributed by atoms with Crippen molar-refractivity contribution in [2.45, 2.75) is 32.2 Å². The number of amides is 1. The number of hydrogen-bond donors (Lipinski definition) is 1. The number of benzene rings is 1. The van der Waals surface area contributed by atoms with Gasteiger partial charge >= 0.3 is 0 Å². The molecule has 2 aliphatic heterocycles. The van der Waals surface area contributed by atoms with Crippen molar-refractivity contribution in [3.63, 3.8) is 0 Å². The van der Waals surface area contributed by atoms with E-state index in [1.54, 1.807) is 28.5 Å². The van der Waals surface area contributed by atoms with Gasteiger partial charge in [0.05, 0.1) is 18.3 Å². The van der Waals surface area contributed by atoms with Crippen LogP contribution in [-0.4, -0.2) is 46.3 Å². The van der Waals surface area contributed by atoms with Gasteiger partial charge in [0, 0.05) is 16.9 Å². The molecule has 0 bridgehead atoms. The lowest BCUT2D eigenvalue weighted by atomic mass is 9.99. The fourth-order valence-corrected chi connectivity index (χ4v) is 4.62. The van der Waals surface area contributed by atoms with Gasteiger partial charge in [-0.2, -0.15) is 5.10 Å². The van der Waals surface area contributed by atoms with Gasteiger partial charge in [0.2, 0.25) is 0 Å². The monoisotopic (exact) mass is 383 g/mol. The zero-order valence-electron chi connectivity index (χ0n) is 15.5. The third-order valence-electron chi connectivity index (χ3n) is 5.49. The van der Waals surface area contributed by atoms with E-state index >= 15 is 0 Å². The topological polar surface area (TPSA) is 56.1 Å². The minimum absolute atomic E-state index is 0.0355. The first-order valence-electron chi connectivity index (χ1n) is 9.55. The summed E-state index contributed by atoms with van der Waals surface area (Å²) in [6.07, 6.45) is 2.92. The van der Waals surface area contributed by atoms with Gasteiger partial charge in [0.25, 0.3) is 5.91 Å². The summed E-state index contributed by atoms with van der Waals surface area (Å²) in [6.45, 7) is 4.63. The highest BCUT2D eigenvalue weighted by molar-refractivity contribution is 7.10. The normalized spacial score (nSPS) is 21.4. The Morgan fingerprint density at radius 1 is 1.22 bits per heavy atom. The SMILES string of the molecule is CC1CCN(CC(=O)N2N=C(c3ccccc3O)C[C@@H]2c2cccs2)CC1. The summed E-state index contributed by atoms with van der Waals surface area (Å²) < 4.78 is 0. The van der Waals surface area contributed by atoms with Crippen molar-refractivity contribution in [1.29, 1.82) is 0 Å². The van der Waals surface area contributed by atoms with Crippen LogP contribution in [0.2, 0.25) is 0 Å². The van der Waals surface area contributed by atoms with Crippen LogP contribution in [0.5, 0.6) is 5.75 Å². The van der Waals surface area contributed by atoms with Gasteiger partial charge in [0.15, 0.2) is 0 Å². The molecule has 1 atom stereocenters. The summed E-state index contributed by atoms with van der Waals surface area (Å²) in [4.78, 5) is 16.4. The second-order valence-corrected chi connectivity index (χ2v) is 8.48. The van der Waals surface area contributed by atoms with Gasteiger partial charge in [-0.3, -0.25) is 9.69 Å². The molecule has 0 aliphatic carbocycles. The van der Waals surface area contributed by atoms with Crippen LogP contribution in [-0.2, 0) is 4.79 Å². The van der Waals surface area contributed by atoms with E-state index in [9.17, 15) is 9.90 Å². The number of phenolic OH excluding ortho intramolecular Hbond substituents is 1. The number of hydrazone groups is 1. The Morgan fingerprint density at radius 3 is 2.70 bits per heavy atom. The maximum Gasteiger partial charge on any atom is 0.257 e. The van der Waals surface area contributed by atoms with Crippen LogP contribution in [0.3, 0.4) is 0 Å². The van der Waals surface area contributed by atoms with Crippen molar-refractivity contribution in [1.82, 2.24) is 9.91 Å². The highest BCUT2D eigenvalue weighted by Gasteiger charge is 2.35. The van der Waals surface area contributed by atoms with E-state index in [1.807, 2.05) is 23.6 Å². The predicted molar refractivity (Wildman–Crippen MR) is 108 cm³/mol. The Kier molecular flexibility index (Phi) is 5.27. The first-order chi connectivity index (χ1) is 13.1. The Hall–Kier alpha value is -2.18. The number of phenols is 1. The van der Waals surface area contributed by atoms with Crippen LogP contribution in [0.4, 0.5) is 0 Å². The Bertz CT molecular complexity index is 826. The van der Waals surface area contributed by atoms with Crippen LogP contribution in [0, 0.1) is 5.92 Å². The molecule has 1 amide bonds. The van der Waals surface area contributed by atoms with Crippen molar-refractivity contribution in [2.75, 3.05) is 19.6 Å². The van der Waals surface area contributed by atoms with Gasteiger partial charge in [0.1, 0.15) is 5.75 Å². The smallest absolute Gasteiger partial charge is 0.257 e. The molecule has 1 aromatic carbocycles. The summed E-state index contributed by atoms with van der Waals surface area (Å²) in [5.74, 6) is 0.988. The Morgan fingerprint density at radius 2 is 2.00 bits per heavy atom. The zero-order valence-corrected chi connectivity index (χ0v) is 16.4. The van der Waals surface area contributed by atoms with Crippen molar-refractivity contribution < 1.29 is 9.90 Å². The van der Waals surface area contributed by atoms with Crippen molar-refractivity contribution >= 4 is 23.0 Å². The van der Waals surface area contributed by atoms with E-state index in [0.29, 0.717) is 18.5 Å². The standard InChI is InChI=1S/C21H25N3O2S/c1-15-8-10-23(11-9-15)14-21(26)24-18(20-7-4-12-27-20)13-17(22-24)16-5-2-3-6-19(16)25/h2-7,12,15,18,25H,8-11,13-14H2,1H3/t18-/m1/s1. The summed E-state index contributed by atoms with van der Waals surface area (Å²) in [6, 6.07) is 11.2. The van der Waals surface area contributed by atoms with Gasteiger partial charge in [-0.15, -0.1) is 11.3 Å². The number of likely N-dealkylation sites (tertiary alicyclic amines) is 1. The fraction of sp³-hybridized carbons (Fsp3) is 0.429. The molecule has 0 saturated carbocycles. The quantitative estimate of drug-likeness (QED) is 0.872. The molecule has 1 saturated heterocycles. The van der Waals surface area contributed by atoms with Crippen LogP contribution < -0.4 is 0 Å². The molecule has 3 heterocycles. The first-order valence-corrected chi connectivity index (χ1v) is 10.4. The number of piperidine rings is 1. The maximum absolute atomic E-state index is 13.1. The second-order valence-electron chi connectivity index (χ2n) is 7.50. The third-order valence-corrected chi connectivity index (χ3v) is 6.46. The molecule has 1 fully saturated rings. The van der Waals surface area contributed by atoms with Gasteiger partial charge in [-0.1, -0.05) is 25.1 Å². The molecule has 1 N–H and O–H groups in total. The second kappa shape index (κ2) is 7.82. The van der Waals surface area contributed by atoms with Crippen LogP contribution in [0.25, 0.3) is 0 Å². The number of nitrogens with zero attached hydrogens (tertiary/aromatic N) is 3. The average molecular weight is 384 g/mol. The van der Waals surface area contributed by atoms with E-state index in [2.05, 4.69) is 23.0 Å². The minimum Gasteiger partial charge on any atom is -0.507 e. The van der Waals surface area contributed by atoms with Crippen molar-refractivity contribution in [2.24, 2.45) is 11.0 Å². The maximum atomic E-state index is 13.1. The minimum atomic E-state index is -0.0872. The number of rotatable bonds is 4. The first kappa shape index (κ1) is 18.2. The number of carbonyl (C=O) groups excluding carboxylic acids is 1. The van der Waals surface area contributed by atoms with Crippen LogP contribution in [0.1, 0.15) is 42.7 Å². The van der Waals surface area contributed by atoms with E-state index in [0.717, 1.165) is 42.4 Å². The third kappa shape index (κ3) is 3.92. The zero-order chi connectivity index (χ0) is 18.8. The lowest BCUT2D eigenvalue weighted by Gasteiger charge is -2.31.